The monoisotopic (exact) mass is 1560 g/mol. The molecule has 0 saturated heterocycles. The summed E-state index contributed by atoms with van der Waals surface area (Å²) in [4.78, 5) is 28.6. The molecule has 0 fully saturated rings. The summed E-state index contributed by atoms with van der Waals surface area (Å²) in [6, 6.07) is 73.0. The number of quaternary nitrogens is 1. The number of aliphatic hydroxyl groups excluding tert-OH is 4. The van der Waals surface area contributed by atoms with Crippen LogP contribution in [-0.2, 0) is 26.5 Å². The van der Waals surface area contributed by atoms with E-state index in [4.69, 9.17) is 21.8 Å². The number of fused-ring (bicyclic) bond motifs is 4. The normalized spacial score (nSPS) is 15.4. The first-order valence-electron chi connectivity index (χ1n) is 36.5. The molecule has 12 rings (SSSR count). The molecular formula is C93H108Cl4N8O5. The first kappa shape index (κ1) is 92.6. The van der Waals surface area contributed by atoms with Crippen molar-refractivity contribution in [3.63, 3.8) is 0 Å². The van der Waals surface area contributed by atoms with E-state index in [1.165, 1.54) is 74.8 Å². The molecule has 0 aromatic heterocycles. The minimum absolute atomic E-state index is 0. The van der Waals surface area contributed by atoms with Crippen LogP contribution in [-0.4, -0.2) is 117 Å². The average molecular weight is 1560 g/mol. The van der Waals surface area contributed by atoms with Gasteiger partial charge in [-0.05, 0) is 137 Å². The van der Waals surface area contributed by atoms with E-state index in [2.05, 4.69) is 231 Å². The van der Waals surface area contributed by atoms with Gasteiger partial charge in [-0.25, -0.2) is 0 Å². The first-order valence-corrected chi connectivity index (χ1v) is 37.0. The fourth-order valence-electron chi connectivity index (χ4n) is 12.8. The Morgan fingerprint density at radius 3 is 1.49 bits per heavy atom. The highest BCUT2D eigenvalue weighted by Gasteiger charge is 2.45. The third kappa shape index (κ3) is 25.9. The maximum atomic E-state index is 11.7. The number of aliphatic imine (C=N–C) groups is 3. The SMILES string of the molecule is C(/C=C/C=C/[NH2+]c1ccccc1)=Nc1ccccc1.CC(=O)N(/C=C/C=C/C=Nc1ccccc1)c1ccccc1.CC1(C)C(/C=C/C=C/C=C/C=C2\N(CCO)c3ccccc3C2(C)C)=[N+](CCO)c2ccccc21.CC1=Nc2ccccc2C1(C)C.CC1=[N+](CCO)c2ccccc2C1(C)C.OCCCl.[Cl-].[Cl-].[Cl-]. The Hall–Kier alpha value is -9.74. The van der Waals surface area contributed by atoms with Gasteiger partial charge in [-0.2, -0.15) is 9.15 Å². The number of nitrogens with zero attached hydrogens (tertiary/aromatic N) is 7. The molecule has 8 aromatic rings. The summed E-state index contributed by atoms with van der Waals surface area (Å²) in [5.74, 6) is 0.314. The topological polar surface area (TPSA) is 164 Å². The number of anilines is 2. The number of β-amino-alcohol motifs (C(OH)–C–C–N with tert-alkyl or cyclic N) is 3. The highest BCUT2D eigenvalue weighted by Crippen LogP contribution is 2.48. The van der Waals surface area contributed by atoms with Gasteiger partial charge in [0, 0.05) is 108 Å². The third-order valence-electron chi connectivity index (χ3n) is 18.9. The van der Waals surface area contributed by atoms with Gasteiger partial charge in [-0.3, -0.25) is 30.0 Å². The zero-order chi connectivity index (χ0) is 77.1. The van der Waals surface area contributed by atoms with Gasteiger partial charge in [0.2, 0.25) is 17.3 Å². The molecule has 1 amide bonds. The van der Waals surface area contributed by atoms with Gasteiger partial charge >= 0.3 is 0 Å². The smallest absolute Gasteiger partial charge is 0.227 e. The number of para-hydroxylation sites is 8. The number of carbonyl (C=O) groups is 1. The molecule has 0 bridgehead atoms. The van der Waals surface area contributed by atoms with Crippen molar-refractivity contribution in [2.45, 2.75) is 97.8 Å². The van der Waals surface area contributed by atoms with Gasteiger partial charge in [0.1, 0.15) is 18.9 Å². The van der Waals surface area contributed by atoms with E-state index in [0.29, 0.717) is 25.5 Å². The van der Waals surface area contributed by atoms with Crippen LogP contribution >= 0.6 is 11.6 Å². The summed E-state index contributed by atoms with van der Waals surface area (Å²) in [6.07, 6.45) is 33.2. The number of carbonyl (C=O) groups excluding carboxylic acids is 1. The lowest BCUT2D eigenvalue weighted by Gasteiger charge is -2.26. The fraction of sp³-hybridized carbons (Fsp3) is 0.247. The van der Waals surface area contributed by atoms with E-state index in [9.17, 15) is 15.0 Å². The van der Waals surface area contributed by atoms with E-state index in [0.717, 1.165) is 22.7 Å². The van der Waals surface area contributed by atoms with Crippen LogP contribution in [0.3, 0.4) is 0 Å². The van der Waals surface area contributed by atoms with Gasteiger partial charge in [-0.15, -0.1) is 11.6 Å². The lowest BCUT2D eigenvalue weighted by molar-refractivity contribution is -0.496. The van der Waals surface area contributed by atoms with Gasteiger partial charge in [0.15, 0.2) is 24.5 Å². The highest BCUT2D eigenvalue weighted by molar-refractivity contribution is 6.18. The number of hydrogen-bond acceptors (Lipinski definition) is 9. The van der Waals surface area contributed by atoms with Crippen molar-refractivity contribution in [3.8, 4) is 0 Å². The standard InChI is InChI=1S/C31H37N2O2.C19H18N2O.C17H16N2.C13H18NO.C11H13N.C2H5ClO.3ClH/c1-30(2)24-14-10-12-16-26(24)32(20-22-34)28(30)18-8-6-5-7-9-19-29-31(3,4)25-15-11-13-17-27(25)33(29)21-23-35;1-17(22)21(19-13-7-3-8-14-19)16-10-4-9-15-20-18-11-5-2-6-12-18;1-4-10-16(11-5-1)18-14-8-3-9-15-19-17-12-6-2-7-13-17;1-10-13(2,3)11-6-4-5-7-12(11)14(10)8-9-15;1-8-11(2,3)9-6-4-5-7-10(9)12-8;3-1-2-4;;;/h5-19,34-35H,20-23H2,1-4H3;2-16H,1H3;1-15,18H;4-7,15H,8-9H2,1-3H3;4-7H,1-3H3;4H,1-2H2;3*1H/q+1;;;+1;;;;;/p-2/b;9-4+,16-10+,20-15?;9-3+,14-8+,19-15?;;;;;;. The summed E-state index contributed by atoms with van der Waals surface area (Å²) in [5.41, 5.74) is 18.8. The van der Waals surface area contributed by atoms with E-state index in [1.807, 2.05) is 176 Å². The molecule has 0 spiro atoms. The number of benzene rings is 8. The summed E-state index contributed by atoms with van der Waals surface area (Å²) in [7, 11) is 0. The molecule has 0 radical (unpaired) electrons. The van der Waals surface area contributed by atoms with Crippen molar-refractivity contribution in [3.05, 3.63) is 338 Å². The maximum absolute atomic E-state index is 11.7. The number of hydrogen-bond donors (Lipinski definition) is 5. The van der Waals surface area contributed by atoms with Gasteiger partial charge in [0.25, 0.3) is 0 Å². The Morgan fingerprint density at radius 2 is 0.945 bits per heavy atom. The molecule has 8 aromatic carbocycles. The number of nitrogens with two attached hydrogens (primary N) is 1. The van der Waals surface area contributed by atoms with Crippen LogP contribution in [0.15, 0.2) is 330 Å². The second kappa shape index (κ2) is 47.4. The molecule has 0 saturated carbocycles. The summed E-state index contributed by atoms with van der Waals surface area (Å²) >= 11 is 4.94. The van der Waals surface area contributed by atoms with Gasteiger partial charge in [0.05, 0.1) is 47.3 Å². The zero-order valence-electron chi connectivity index (χ0n) is 65.2. The lowest BCUT2D eigenvalue weighted by Crippen LogP contribution is -3.00. The van der Waals surface area contributed by atoms with Gasteiger partial charge in [-0.1, -0.05) is 216 Å². The molecule has 4 heterocycles. The number of amides is 1. The van der Waals surface area contributed by atoms with E-state index < -0.39 is 0 Å². The molecule has 13 nitrogen and oxygen atoms in total. The Bertz CT molecular complexity index is 4570. The summed E-state index contributed by atoms with van der Waals surface area (Å²) in [6.45, 7) is 26.0. The first-order chi connectivity index (χ1) is 51.7. The molecule has 0 unspecified atom stereocenters. The zero-order valence-corrected chi connectivity index (χ0v) is 68.2. The largest absolute Gasteiger partial charge is 1.00 e. The number of rotatable bonds is 21. The van der Waals surface area contributed by atoms with Crippen molar-refractivity contribution in [1.29, 1.82) is 0 Å². The Kier molecular flexibility index (Phi) is 39.9. The second-order valence-electron chi connectivity index (χ2n) is 27.5. The molecular weight excluding hydrogens is 1450 g/mol. The molecule has 4 aliphatic heterocycles. The van der Waals surface area contributed by atoms with Crippen LogP contribution in [0.5, 0.6) is 0 Å². The Labute approximate surface area is 677 Å². The van der Waals surface area contributed by atoms with E-state index >= 15 is 0 Å². The number of allylic oxidation sites excluding steroid dienone is 14. The van der Waals surface area contributed by atoms with Crippen LogP contribution in [0.1, 0.15) is 98.4 Å². The molecule has 6 N–H and O–H groups in total. The van der Waals surface area contributed by atoms with Crippen molar-refractivity contribution in [1.82, 2.24) is 0 Å². The highest BCUT2D eigenvalue weighted by atomic mass is 35.5. The second-order valence-corrected chi connectivity index (χ2v) is 27.9. The van der Waals surface area contributed by atoms with Crippen LogP contribution in [0.2, 0.25) is 0 Å². The quantitative estimate of drug-likeness (QED) is 0.0158. The molecule has 578 valence electrons. The molecule has 0 aliphatic carbocycles. The molecule has 4 aliphatic rings. The van der Waals surface area contributed by atoms with Crippen molar-refractivity contribution in [2.24, 2.45) is 15.0 Å². The number of aliphatic hydroxyl groups is 4. The van der Waals surface area contributed by atoms with Crippen LogP contribution in [0.25, 0.3) is 0 Å². The summed E-state index contributed by atoms with van der Waals surface area (Å²) < 4.78 is 4.44. The van der Waals surface area contributed by atoms with Crippen molar-refractivity contribution < 1.29 is 76.9 Å². The molecule has 110 heavy (non-hydrogen) atoms. The minimum atomic E-state index is -0.115. The third-order valence-corrected chi connectivity index (χ3v) is 19.1. The predicted molar refractivity (Wildman–Crippen MR) is 451 cm³/mol. The van der Waals surface area contributed by atoms with Gasteiger partial charge < -0.3 is 62.5 Å². The molecule has 0 atom stereocenters. The number of alkyl halides is 1. The Morgan fingerprint density at radius 1 is 0.491 bits per heavy atom. The average Bonchev–Trinajstić information content (AvgIpc) is 1.62. The Balaban J connectivity index is 0.000000298. The van der Waals surface area contributed by atoms with Crippen LogP contribution in [0.4, 0.5) is 45.5 Å². The van der Waals surface area contributed by atoms with Crippen molar-refractivity contribution >= 4 is 92.6 Å². The van der Waals surface area contributed by atoms with Crippen LogP contribution < -0.4 is 52.3 Å². The summed E-state index contributed by atoms with van der Waals surface area (Å²) in [5, 5.41) is 38.1. The van der Waals surface area contributed by atoms with E-state index in [1.54, 1.807) is 23.5 Å². The minimum Gasteiger partial charge on any atom is -1.00 e. The van der Waals surface area contributed by atoms with E-state index in [-0.39, 0.29) is 91.2 Å². The number of halogens is 4. The molecule has 17 heteroatoms. The fourth-order valence-corrected chi connectivity index (χ4v) is 12.8. The van der Waals surface area contributed by atoms with Crippen LogP contribution in [0, 0.1) is 0 Å². The lowest BCUT2D eigenvalue weighted by atomic mass is 9.81. The maximum Gasteiger partial charge on any atom is 0.227 e. The predicted octanol–water partition coefficient (Wildman–Crippen LogP) is 9.64. The van der Waals surface area contributed by atoms with Crippen molar-refractivity contribution in [2.75, 3.05) is 61.7 Å².